The van der Waals surface area contributed by atoms with Crippen LogP contribution in [0.15, 0.2) is 47.8 Å². The summed E-state index contributed by atoms with van der Waals surface area (Å²) in [5, 5.41) is 5.15. The maximum atomic E-state index is 12.8. The highest BCUT2D eigenvalue weighted by molar-refractivity contribution is 7.15. The maximum Gasteiger partial charge on any atom is 0.341 e. The van der Waals surface area contributed by atoms with E-state index >= 15 is 0 Å². The Hall–Kier alpha value is -3.52. The maximum absolute atomic E-state index is 12.8. The summed E-state index contributed by atoms with van der Waals surface area (Å²) in [4.78, 5) is 25.4. The molecule has 3 aromatic rings. The van der Waals surface area contributed by atoms with Gasteiger partial charge in [0.2, 0.25) is 5.91 Å². The van der Waals surface area contributed by atoms with Gasteiger partial charge in [-0.1, -0.05) is 25.1 Å². The van der Waals surface area contributed by atoms with Gasteiger partial charge in [0, 0.05) is 17.4 Å². The summed E-state index contributed by atoms with van der Waals surface area (Å²) in [7, 11) is 3.12. The second-order valence-electron chi connectivity index (χ2n) is 7.64. The molecule has 7 nitrogen and oxygen atoms in total. The average molecular weight is 498 g/mol. The van der Waals surface area contributed by atoms with Gasteiger partial charge in [0.15, 0.2) is 11.5 Å². The Labute approximate surface area is 210 Å². The number of esters is 1. The van der Waals surface area contributed by atoms with Crippen molar-refractivity contribution in [1.82, 2.24) is 0 Å². The summed E-state index contributed by atoms with van der Waals surface area (Å²) in [6, 6.07) is 13.3. The lowest BCUT2D eigenvalue weighted by Gasteiger charge is -2.11. The zero-order chi connectivity index (χ0) is 25.2. The van der Waals surface area contributed by atoms with Gasteiger partial charge in [0.1, 0.15) is 16.3 Å². The quantitative estimate of drug-likeness (QED) is 0.245. The summed E-state index contributed by atoms with van der Waals surface area (Å²) in [5.74, 6) is 1.22. The molecular weight excluding hydrogens is 466 g/mol. The number of ether oxygens (including phenoxy) is 4. The number of hydrogen-bond acceptors (Lipinski definition) is 7. The molecule has 0 saturated heterocycles. The van der Waals surface area contributed by atoms with E-state index in [9.17, 15) is 9.59 Å². The van der Waals surface area contributed by atoms with Crippen molar-refractivity contribution >= 4 is 28.2 Å². The van der Waals surface area contributed by atoms with Crippen LogP contribution in [0.4, 0.5) is 5.00 Å². The number of methoxy groups -OCH3 is 2. The lowest BCUT2D eigenvalue weighted by molar-refractivity contribution is -0.116. The van der Waals surface area contributed by atoms with E-state index in [1.54, 1.807) is 33.3 Å². The number of aryl methyl sites for hydroxylation is 1. The Morgan fingerprint density at radius 1 is 0.971 bits per heavy atom. The van der Waals surface area contributed by atoms with Gasteiger partial charge in [-0.15, -0.1) is 11.3 Å². The number of rotatable bonds is 12. The van der Waals surface area contributed by atoms with Crippen molar-refractivity contribution in [2.45, 2.75) is 33.1 Å². The predicted molar refractivity (Wildman–Crippen MR) is 138 cm³/mol. The summed E-state index contributed by atoms with van der Waals surface area (Å²) < 4.78 is 21.7. The third-order valence-corrected chi connectivity index (χ3v) is 6.26. The van der Waals surface area contributed by atoms with E-state index in [4.69, 9.17) is 18.9 Å². The fourth-order valence-electron chi connectivity index (χ4n) is 3.51. The summed E-state index contributed by atoms with van der Waals surface area (Å²) in [6.07, 6.45) is 1.79. The Morgan fingerprint density at radius 2 is 1.71 bits per heavy atom. The van der Waals surface area contributed by atoms with Crippen LogP contribution in [0.5, 0.6) is 17.2 Å². The predicted octanol–water partition coefficient (Wildman–Crippen LogP) is 5.97. The minimum Gasteiger partial charge on any atom is -0.494 e. The van der Waals surface area contributed by atoms with E-state index in [1.807, 2.05) is 35.7 Å². The van der Waals surface area contributed by atoms with E-state index in [2.05, 4.69) is 12.2 Å². The van der Waals surface area contributed by atoms with Gasteiger partial charge >= 0.3 is 5.97 Å². The van der Waals surface area contributed by atoms with E-state index < -0.39 is 5.97 Å². The van der Waals surface area contributed by atoms with Crippen LogP contribution in [-0.4, -0.2) is 39.3 Å². The van der Waals surface area contributed by atoms with Crippen LogP contribution in [0.2, 0.25) is 0 Å². The molecule has 1 aromatic heterocycles. The number of nitrogens with one attached hydrogen (secondary N) is 1. The number of carbonyl (C=O) groups excluding carboxylic acids is 2. The highest BCUT2D eigenvalue weighted by Crippen LogP contribution is 2.39. The van der Waals surface area contributed by atoms with Crippen molar-refractivity contribution in [1.29, 1.82) is 0 Å². The molecule has 0 fully saturated rings. The van der Waals surface area contributed by atoms with Gasteiger partial charge in [-0.2, -0.15) is 0 Å². The first-order valence-electron chi connectivity index (χ1n) is 11.5. The van der Waals surface area contributed by atoms with Crippen LogP contribution >= 0.6 is 11.3 Å². The smallest absolute Gasteiger partial charge is 0.341 e. The molecule has 0 atom stereocenters. The van der Waals surface area contributed by atoms with E-state index in [1.165, 1.54) is 16.9 Å². The van der Waals surface area contributed by atoms with Crippen LogP contribution in [0, 0.1) is 0 Å². The van der Waals surface area contributed by atoms with E-state index in [-0.39, 0.29) is 18.9 Å². The summed E-state index contributed by atoms with van der Waals surface area (Å²) >= 11 is 1.28. The normalized spacial score (nSPS) is 10.5. The van der Waals surface area contributed by atoms with Crippen LogP contribution in [0.25, 0.3) is 11.1 Å². The Bertz CT molecular complexity index is 1140. The molecule has 1 N–H and O–H groups in total. The lowest BCUT2D eigenvalue weighted by Crippen LogP contribution is -2.15. The van der Waals surface area contributed by atoms with Gasteiger partial charge in [0.25, 0.3) is 0 Å². The largest absolute Gasteiger partial charge is 0.494 e. The molecule has 0 radical (unpaired) electrons. The van der Waals surface area contributed by atoms with Gasteiger partial charge in [-0.25, -0.2) is 4.79 Å². The topological polar surface area (TPSA) is 83.1 Å². The molecule has 186 valence electrons. The molecule has 0 aliphatic heterocycles. The highest BCUT2D eigenvalue weighted by atomic mass is 32.1. The van der Waals surface area contributed by atoms with E-state index in [0.717, 1.165) is 17.7 Å². The van der Waals surface area contributed by atoms with Crippen molar-refractivity contribution in [2.24, 2.45) is 0 Å². The van der Waals surface area contributed by atoms with Crippen LogP contribution < -0.4 is 19.5 Å². The first kappa shape index (κ1) is 26.1. The average Bonchev–Trinajstić information content (AvgIpc) is 3.30. The molecule has 2 aromatic carbocycles. The number of amides is 1. The standard InChI is InChI=1S/C27H31NO6S/c1-5-18-9-12-20(13-10-18)34-15-7-8-24(29)28-26-25(27(30)33-6-2)21(17-35-26)19-11-14-22(31-3)23(16-19)32-4/h9-14,16-17H,5-8,15H2,1-4H3,(H,28,29). The molecular formula is C27H31NO6S. The van der Waals surface area contributed by atoms with Crippen molar-refractivity contribution in [3.05, 3.63) is 59.0 Å². The Kier molecular flexibility index (Phi) is 9.55. The monoisotopic (exact) mass is 497 g/mol. The van der Waals surface area contributed by atoms with Crippen molar-refractivity contribution < 1.29 is 28.5 Å². The molecule has 0 unspecified atom stereocenters. The molecule has 0 spiro atoms. The first-order valence-corrected chi connectivity index (χ1v) is 12.4. The third kappa shape index (κ3) is 6.76. The van der Waals surface area contributed by atoms with Crippen molar-refractivity contribution in [3.63, 3.8) is 0 Å². The highest BCUT2D eigenvalue weighted by Gasteiger charge is 2.23. The molecule has 8 heteroatoms. The number of benzene rings is 2. The Balaban J connectivity index is 1.68. The minimum absolute atomic E-state index is 0.193. The molecule has 0 aliphatic carbocycles. The SMILES string of the molecule is CCOC(=O)c1c(-c2ccc(OC)c(OC)c2)csc1NC(=O)CCCOc1ccc(CC)cc1. The zero-order valence-corrected chi connectivity index (χ0v) is 21.3. The van der Waals surface area contributed by atoms with Gasteiger partial charge in [0.05, 0.1) is 27.4 Å². The van der Waals surface area contributed by atoms with Crippen LogP contribution in [-0.2, 0) is 16.0 Å². The molecule has 0 aliphatic rings. The van der Waals surface area contributed by atoms with Crippen LogP contribution in [0.1, 0.15) is 42.6 Å². The molecule has 0 saturated carbocycles. The van der Waals surface area contributed by atoms with Gasteiger partial charge in [-0.05, 0) is 55.2 Å². The second-order valence-corrected chi connectivity index (χ2v) is 8.52. The molecule has 1 heterocycles. The number of anilines is 1. The molecule has 0 bridgehead atoms. The van der Waals surface area contributed by atoms with Crippen LogP contribution in [0.3, 0.4) is 0 Å². The van der Waals surface area contributed by atoms with Gasteiger partial charge in [-0.3, -0.25) is 4.79 Å². The summed E-state index contributed by atoms with van der Waals surface area (Å²) in [6.45, 7) is 4.50. The lowest BCUT2D eigenvalue weighted by atomic mass is 10.0. The molecule has 35 heavy (non-hydrogen) atoms. The third-order valence-electron chi connectivity index (χ3n) is 5.37. The van der Waals surface area contributed by atoms with Crippen molar-refractivity contribution in [3.8, 4) is 28.4 Å². The molecule has 3 rings (SSSR count). The van der Waals surface area contributed by atoms with Gasteiger partial charge < -0.3 is 24.3 Å². The Morgan fingerprint density at radius 3 is 2.37 bits per heavy atom. The summed E-state index contributed by atoms with van der Waals surface area (Å²) in [5.41, 5.74) is 2.98. The minimum atomic E-state index is -0.493. The first-order chi connectivity index (χ1) is 17.0. The fraction of sp³-hybridized carbons (Fsp3) is 0.333. The number of thiophene rings is 1. The van der Waals surface area contributed by atoms with E-state index in [0.29, 0.717) is 40.7 Å². The number of carbonyl (C=O) groups is 2. The zero-order valence-electron chi connectivity index (χ0n) is 20.5. The fourth-order valence-corrected chi connectivity index (χ4v) is 4.48. The second kappa shape index (κ2) is 12.8. The van der Waals surface area contributed by atoms with Crippen molar-refractivity contribution in [2.75, 3.05) is 32.8 Å². The molecule has 1 amide bonds. The number of hydrogen-bond donors (Lipinski definition) is 1.